The maximum Gasteiger partial charge on any atom is 0.368 e. The van der Waals surface area contributed by atoms with Gasteiger partial charge in [-0.1, -0.05) is 6.07 Å². The largest absolute Gasteiger partial charge is 0.461 e. The molecule has 6 nitrogen and oxygen atoms in total. The number of hydrogen-bond acceptors (Lipinski definition) is 5. The van der Waals surface area contributed by atoms with Crippen molar-refractivity contribution in [1.29, 1.82) is 0 Å². The predicted molar refractivity (Wildman–Crippen MR) is 83.4 cm³/mol. The van der Waals surface area contributed by atoms with E-state index in [2.05, 4.69) is 0 Å². The summed E-state index contributed by atoms with van der Waals surface area (Å²) in [5.41, 5.74) is -1.06. The molecule has 2 fully saturated rings. The second kappa shape index (κ2) is 5.72. The first-order valence-electron chi connectivity index (χ1n) is 7.87. The lowest BCUT2D eigenvalue weighted by atomic mass is 9.81. The third-order valence-corrected chi connectivity index (χ3v) is 5.88. The number of nitrogens with two attached hydrogens (primary N) is 1. The Bertz CT molecular complexity index is 645. The van der Waals surface area contributed by atoms with E-state index in [-0.39, 0.29) is 24.5 Å². The van der Waals surface area contributed by atoms with Crippen LogP contribution in [0.2, 0.25) is 0 Å². The van der Waals surface area contributed by atoms with Gasteiger partial charge >= 0.3 is 5.97 Å². The number of hydrogen-bond donors (Lipinski definition) is 1. The van der Waals surface area contributed by atoms with E-state index in [4.69, 9.17) is 4.74 Å². The highest BCUT2D eigenvalue weighted by atomic mass is 32.1. The number of rotatable bonds is 4. The second-order valence-corrected chi connectivity index (χ2v) is 7.11. The number of carbonyl (C=O) groups excluding carboxylic acids is 3. The van der Waals surface area contributed by atoms with Crippen molar-refractivity contribution in [2.45, 2.75) is 32.4 Å². The molecular formula is C16H21N2O4S+. The molecule has 7 heteroatoms. The van der Waals surface area contributed by atoms with Crippen molar-refractivity contribution in [3.05, 3.63) is 22.4 Å². The van der Waals surface area contributed by atoms with Crippen LogP contribution in [0.4, 0.5) is 0 Å². The molecule has 2 amide bonds. The van der Waals surface area contributed by atoms with Crippen LogP contribution in [0, 0.1) is 11.8 Å². The molecule has 0 bridgehead atoms. The van der Waals surface area contributed by atoms with Gasteiger partial charge in [0.2, 0.25) is 17.4 Å². The first kappa shape index (κ1) is 16.1. The quantitative estimate of drug-likeness (QED) is 0.633. The van der Waals surface area contributed by atoms with Crippen LogP contribution in [0.15, 0.2) is 17.5 Å². The molecule has 0 spiro atoms. The van der Waals surface area contributed by atoms with E-state index < -0.39 is 23.3 Å². The molecule has 0 saturated carbocycles. The molecule has 2 saturated heterocycles. The summed E-state index contributed by atoms with van der Waals surface area (Å²) in [6.45, 7) is 5.83. The lowest BCUT2D eigenvalue weighted by molar-refractivity contribution is -0.730. The van der Waals surface area contributed by atoms with E-state index in [0.717, 1.165) is 4.88 Å². The van der Waals surface area contributed by atoms with E-state index in [9.17, 15) is 14.4 Å². The summed E-state index contributed by atoms with van der Waals surface area (Å²) in [7, 11) is 0. The molecule has 3 heterocycles. The van der Waals surface area contributed by atoms with Crippen LogP contribution in [0.5, 0.6) is 0 Å². The van der Waals surface area contributed by atoms with Crippen molar-refractivity contribution in [2.75, 3.05) is 13.2 Å². The van der Waals surface area contributed by atoms with Crippen molar-refractivity contribution in [1.82, 2.24) is 4.90 Å². The molecule has 0 aromatic carbocycles. The number of esters is 1. The highest BCUT2D eigenvalue weighted by molar-refractivity contribution is 7.10. The van der Waals surface area contributed by atoms with Crippen LogP contribution < -0.4 is 5.32 Å². The standard InChI is InChI=1S/C16H20N2O4S/c1-4-18-13(19)10-11(14(18)20)16(3,15(21)22-5-2)17-12(10)9-7-6-8-23-9/h6-8,10-12,17H,4-5H2,1-3H3/p+1/t10-,11+,12-,16+/m0/s1. The van der Waals surface area contributed by atoms with E-state index in [1.54, 1.807) is 32.1 Å². The molecule has 2 aliphatic heterocycles. The summed E-state index contributed by atoms with van der Waals surface area (Å²) >= 11 is 1.54. The summed E-state index contributed by atoms with van der Waals surface area (Å²) in [5.74, 6) is -2.02. The van der Waals surface area contributed by atoms with Crippen LogP contribution in [0.25, 0.3) is 0 Å². The van der Waals surface area contributed by atoms with Gasteiger partial charge < -0.3 is 10.1 Å². The molecule has 4 atom stereocenters. The Hall–Kier alpha value is -1.73. The third-order valence-electron chi connectivity index (χ3n) is 4.90. The van der Waals surface area contributed by atoms with E-state index in [1.165, 1.54) is 4.90 Å². The van der Waals surface area contributed by atoms with Crippen molar-refractivity contribution >= 4 is 29.1 Å². The molecule has 0 unspecified atom stereocenters. The minimum Gasteiger partial charge on any atom is -0.461 e. The second-order valence-electron chi connectivity index (χ2n) is 6.14. The molecular weight excluding hydrogens is 316 g/mol. The van der Waals surface area contributed by atoms with Gasteiger partial charge in [0.1, 0.15) is 17.9 Å². The van der Waals surface area contributed by atoms with E-state index >= 15 is 0 Å². The third kappa shape index (κ3) is 2.21. The smallest absolute Gasteiger partial charge is 0.368 e. The molecule has 1 aromatic heterocycles. The maximum atomic E-state index is 12.7. The number of quaternary nitrogens is 1. The highest BCUT2D eigenvalue weighted by Gasteiger charge is 2.70. The van der Waals surface area contributed by atoms with Crippen molar-refractivity contribution in [3.8, 4) is 0 Å². The van der Waals surface area contributed by atoms with Gasteiger partial charge in [0.15, 0.2) is 0 Å². The molecule has 0 radical (unpaired) electrons. The van der Waals surface area contributed by atoms with Crippen molar-refractivity contribution < 1.29 is 24.4 Å². The fourth-order valence-corrected chi connectivity index (χ4v) is 4.70. The molecule has 124 valence electrons. The number of thiophene rings is 1. The van der Waals surface area contributed by atoms with Gasteiger partial charge in [0, 0.05) is 13.5 Å². The number of amides is 2. The number of carbonyl (C=O) groups is 3. The van der Waals surface area contributed by atoms with Gasteiger partial charge in [-0.25, -0.2) is 4.79 Å². The summed E-state index contributed by atoms with van der Waals surface area (Å²) in [5, 5.41) is 3.80. The van der Waals surface area contributed by atoms with Gasteiger partial charge in [-0.3, -0.25) is 14.5 Å². The molecule has 2 aliphatic rings. The van der Waals surface area contributed by atoms with Crippen LogP contribution in [0.3, 0.4) is 0 Å². The Morgan fingerprint density at radius 3 is 2.70 bits per heavy atom. The summed E-state index contributed by atoms with van der Waals surface area (Å²) in [6.07, 6.45) is 0. The SMILES string of the molecule is CCOC(=O)[C@]1(C)[NH2+][C@@H](c2cccs2)[C@H]2C(=O)N(CC)C(=O)[C@@H]21. The van der Waals surface area contributed by atoms with Gasteiger partial charge in [-0.05, 0) is 25.3 Å². The average molecular weight is 337 g/mol. The first-order valence-corrected chi connectivity index (χ1v) is 8.75. The van der Waals surface area contributed by atoms with Crippen LogP contribution >= 0.6 is 11.3 Å². The van der Waals surface area contributed by atoms with Gasteiger partial charge in [0.05, 0.1) is 11.5 Å². The minimum atomic E-state index is -1.06. The molecule has 23 heavy (non-hydrogen) atoms. The lowest BCUT2D eigenvalue weighted by Gasteiger charge is -2.25. The fourth-order valence-electron chi connectivity index (χ4n) is 3.86. The number of fused-ring (bicyclic) bond motifs is 1. The topological polar surface area (TPSA) is 80.3 Å². The minimum absolute atomic E-state index is 0.176. The first-order chi connectivity index (χ1) is 11.0. The van der Waals surface area contributed by atoms with Gasteiger partial charge in [0.25, 0.3) is 0 Å². The monoisotopic (exact) mass is 337 g/mol. The van der Waals surface area contributed by atoms with Crippen molar-refractivity contribution in [3.63, 3.8) is 0 Å². The molecule has 1 aromatic rings. The lowest BCUT2D eigenvalue weighted by Crippen LogP contribution is -2.97. The Morgan fingerprint density at radius 1 is 1.39 bits per heavy atom. The zero-order chi connectivity index (χ0) is 16.8. The zero-order valence-corrected chi connectivity index (χ0v) is 14.3. The average Bonchev–Trinajstić information content (AvgIpc) is 3.18. The summed E-state index contributed by atoms with van der Waals surface area (Å²) in [4.78, 5) is 40.3. The van der Waals surface area contributed by atoms with E-state index in [1.807, 2.05) is 22.8 Å². The molecule has 0 aliphatic carbocycles. The Balaban J connectivity index is 2.06. The summed E-state index contributed by atoms with van der Waals surface area (Å²) < 4.78 is 5.21. The molecule has 2 N–H and O–H groups in total. The van der Waals surface area contributed by atoms with E-state index in [0.29, 0.717) is 6.54 Å². The van der Waals surface area contributed by atoms with Gasteiger partial charge in [-0.15, -0.1) is 11.3 Å². The summed E-state index contributed by atoms with van der Waals surface area (Å²) in [6, 6.07) is 3.65. The predicted octanol–water partition coefficient (Wildman–Crippen LogP) is 0.309. The van der Waals surface area contributed by atoms with Crippen molar-refractivity contribution in [2.24, 2.45) is 11.8 Å². The fraction of sp³-hybridized carbons (Fsp3) is 0.562. The number of imide groups is 1. The number of ether oxygens (including phenoxy) is 1. The maximum absolute atomic E-state index is 12.7. The molecule has 3 rings (SSSR count). The van der Waals surface area contributed by atoms with Gasteiger partial charge in [-0.2, -0.15) is 0 Å². The Labute approximate surface area is 138 Å². The highest BCUT2D eigenvalue weighted by Crippen LogP contribution is 2.45. The van der Waals surface area contributed by atoms with Crippen LogP contribution in [-0.4, -0.2) is 41.4 Å². The number of nitrogens with zero attached hydrogens (tertiary/aromatic N) is 1. The zero-order valence-electron chi connectivity index (χ0n) is 13.4. The normalized spacial score (nSPS) is 33.2. The van der Waals surface area contributed by atoms with Crippen LogP contribution in [0.1, 0.15) is 31.7 Å². The van der Waals surface area contributed by atoms with Crippen LogP contribution in [-0.2, 0) is 19.1 Å². The Morgan fingerprint density at radius 2 is 2.13 bits per heavy atom. The number of likely N-dealkylation sites (tertiary alicyclic amines) is 1. The Kier molecular flexibility index (Phi) is 4.01.